The number of aryl methyl sites for hydroxylation is 1. The van der Waals surface area contributed by atoms with E-state index in [1.807, 2.05) is 6.92 Å². The molecule has 2 rings (SSSR count). The fourth-order valence-corrected chi connectivity index (χ4v) is 4.12. The first-order valence-electron chi connectivity index (χ1n) is 10.2. The molecule has 1 amide bonds. The Morgan fingerprint density at radius 3 is 2.20 bits per heavy atom. The molecule has 2 atom stereocenters. The average molecular weight is 432 g/mol. The Hall–Kier alpha value is -2.22. The second-order valence-corrected chi connectivity index (χ2v) is 10.2. The largest absolute Gasteiger partial charge is 0.325 e. The monoisotopic (exact) mass is 431 g/mol. The average Bonchev–Trinajstić information content (AvgIpc) is 2.71. The molecule has 0 saturated heterocycles. The minimum atomic E-state index is -3.56. The van der Waals surface area contributed by atoms with E-state index < -0.39 is 16.1 Å². The Bertz CT molecular complexity index is 954. The molecule has 7 heteroatoms. The maximum atomic E-state index is 12.8. The molecule has 0 aliphatic rings. The number of carbonyl (C=O) groups is 1. The number of benzene rings is 2. The molecule has 2 N–H and O–H groups in total. The zero-order chi connectivity index (χ0) is 22.5. The van der Waals surface area contributed by atoms with Crippen molar-refractivity contribution in [3.8, 4) is 0 Å². The van der Waals surface area contributed by atoms with E-state index in [1.165, 1.54) is 31.8 Å². The first kappa shape index (κ1) is 24.1. The van der Waals surface area contributed by atoms with Gasteiger partial charge in [0, 0.05) is 25.8 Å². The van der Waals surface area contributed by atoms with Crippen molar-refractivity contribution in [2.45, 2.75) is 51.1 Å². The van der Waals surface area contributed by atoms with Crippen molar-refractivity contribution < 1.29 is 13.2 Å². The zero-order valence-electron chi connectivity index (χ0n) is 18.6. The Morgan fingerprint density at radius 1 is 1.03 bits per heavy atom. The summed E-state index contributed by atoms with van der Waals surface area (Å²) in [6, 6.07) is 14.3. The lowest BCUT2D eigenvalue weighted by Gasteiger charge is -2.27. The smallest absolute Gasteiger partial charge is 0.242 e. The molecule has 0 saturated carbocycles. The van der Waals surface area contributed by atoms with Crippen molar-refractivity contribution in [2.75, 3.05) is 19.4 Å². The highest BCUT2D eigenvalue weighted by Gasteiger charge is 2.23. The highest BCUT2D eigenvalue weighted by atomic mass is 32.2. The summed E-state index contributed by atoms with van der Waals surface area (Å²) < 4.78 is 25.8. The molecule has 0 aromatic heterocycles. The maximum Gasteiger partial charge on any atom is 0.242 e. The molecule has 0 bridgehead atoms. The molecule has 30 heavy (non-hydrogen) atoms. The Morgan fingerprint density at radius 2 is 1.67 bits per heavy atom. The summed E-state index contributed by atoms with van der Waals surface area (Å²) in [5.41, 5.74) is 2.87. The van der Waals surface area contributed by atoms with Crippen molar-refractivity contribution >= 4 is 21.6 Å². The van der Waals surface area contributed by atoms with Crippen LogP contribution in [0.3, 0.4) is 0 Å². The van der Waals surface area contributed by atoms with Crippen LogP contribution in [0.5, 0.6) is 0 Å². The van der Waals surface area contributed by atoms with Gasteiger partial charge in [0.2, 0.25) is 15.9 Å². The fraction of sp³-hybridized carbons (Fsp3) is 0.435. The van der Waals surface area contributed by atoms with Crippen LogP contribution < -0.4 is 10.6 Å². The molecule has 6 nitrogen and oxygen atoms in total. The van der Waals surface area contributed by atoms with Gasteiger partial charge in [0.25, 0.3) is 0 Å². The lowest BCUT2D eigenvalue weighted by molar-refractivity contribution is -0.118. The highest BCUT2D eigenvalue weighted by Crippen LogP contribution is 2.23. The molecule has 0 radical (unpaired) electrons. The van der Waals surface area contributed by atoms with Gasteiger partial charge in [-0.15, -0.1) is 0 Å². The van der Waals surface area contributed by atoms with Crippen LogP contribution in [0.15, 0.2) is 53.4 Å². The van der Waals surface area contributed by atoms with Crippen molar-refractivity contribution in [1.82, 2.24) is 9.62 Å². The van der Waals surface area contributed by atoms with Crippen LogP contribution in [0.25, 0.3) is 0 Å². The second-order valence-electron chi connectivity index (χ2n) is 8.01. The summed E-state index contributed by atoms with van der Waals surface area (Å²) >= 11 is 0. The van der Waals surface area contributed by atoms with Crippen molar-refractivity contribution in [2.24, 2.45) is 5.92 Å². The van der Waals surface area contributed by atoms with Crippen LogP contribution >= 0.6 is 0 Å². The number of hydrogen-bond acceptors (Lipinski definition) is 4. The van der Waals surface area contributed by atoms with E-state index in [2.05, 4.69) is 55.7 Å². The first-order chi connectivity index (χ1) is 14.1. The van der Waals surface area contributed by atoms with Crippen LogP contribution in [0.2, 0.25) is 0 Å². The van der Waals surface area contributed by atoms with Crippen molar-refractivity contribution in [3.05, 3.63) is 59.7 Å². The topological polar surface area (TPSA) is 78.5 Å². The van der Waals surface area contributed by atoms with E-state index in [1.54, 1.807) is 12.1 Å². The molecule has 0 spiro atoms. The minimum Gasteiger partial charge on any atom is -0.325 e. The van der Waals surface area contributed by atoms with Gasteiger partial charge in [-0.25, -0.2) is 12.7 Å². The number of nitrogens with one attached hydrogen (secondary N) is 2. The van der Waals surface area contributed by atoms with Crippen molar-refractivity contribution in [3.63, 3.8) is 0 Å². The van der Waals surface area contributed by atoms with Gasteiger partial charge in [-0.3, -0.25) is 10.1 Å². The van der Waals surface area contributed by atoms with Gasteiger partial charge in [-0.05, 0) is 48.6 Å². The van der Waals surface area contributed by atoms with Gasteiger partial charge in [-0.2, -0.15) is 0 Å². The first-order valence-corrected chi connectivity index (χ1v) is 11.7. The summed E-state index contributed by atoms with van der Waals surface area (Å²) in [7, 11) is -0.605. The summed E-state index contributed by atoms with van der Waals surface area (Å²) in [6.07, 6.45) is 0.988. The Labute approximate surface area is 180 Å². The second kappa shape index (κ2) is 10.2. The third kappa shape index (κ3) is 5.90. The van der Waals surface area contributed by atoms with Crippen molar-refractivity contribution in [1.29, 1.82) is 0 Å². The van der Waals surface area contributed by atoms with Gasteiger partial charge in [0.15, 0.2) is 0 Å². The number of carbonyl (C=O) groups excluding carboxylic acids is 1. The standard InChI is InChI=1S/C23H33N3O3S/c1-7-18-11-13-19(14-12-18)22(16(2)3)24-17(4)23(27)25-20-9-8-10-21(15-20)30(28,29)26(5)6/h8-17,22,24H,7H2,1-6H3,(H,25,27)/t17-,22-/m0/s1. The van der Waals surface area contributed by atoms with Gasteiger partial charge in [-0.1, -0.05) is 51.1 Å². The number of amides is 1. The summed E-state index contributed by atoms with van der Waals surface area (Å²) in [5.74, 6) is 0.0755. The molecule has 164 valence electrons. The van der Waals surface area contributed by atoms with Crippen LogP contribution in [0.1, 0.15) is 44.9 Å². The van der Waals surface area contributed by atoms with E-state index in [4.69, 9.17) is 0 Å². The predicted molar refractivity (Wildman–Crippen MR) is 122 cm³/mol. The molecule has 2 aromatic rings. The number of sulfonamides is 1. The molecule has 0 aliphatic heterocycles. The third-order valence-corrected chi connectivity index (χ3v) is 6.93. The Kier molecular flexibility index (Phi) is 8.18. The van der Waals surface area contributed by atoms with Crippen LogP contribution in [-0.4, -0.2) is 38.8 Å². The quantitative estimate of drug-likeness (QED) is 0.633. The normalized spacial score (nSPS) is 14.0. The van der Waals surface area contributed by atoms with E-state index in [9.17, 15) is 13.2 Å². The Balaban J connectivity index is 2.13. The minimum absolute atomic E-state index is 0.0251. The summed E-state index contributed by atoms with van der Waals surface area (Å²) in [4.78, 5) is 12.9. The van der Waals surface area contributed by atoms with E-state index >= 15 is 0 Å². The van der Waals surface area contributed by atoms with Crippen LogP contribution in [0, 0.1) is 5.92 Å². The maximum absolute atomic E-state index is 12.8. The van der Waals surface area contributed by atoms with Gasteiger partial charge >= 0.3 is 0 Å². The molecular weight excluding hydrogens is 398 g/mol. The molecule has 2 aromatic carbocycles. The molecular formula is C23H33N3O3S. The van der Waals surface area contributed by atoms with Gasteiger partial charge in [0.05, 0.1) is 10.9 Å². The molecule has 0 aliphatic carbocycles. The van der Waals surface area contributed by atoms with Gasteiger partial charge < -0.3 is 5.32 Å². The highest BCUT2D eigenvalue weighted by molar-refractivity contribution is 7.89. The summed E-state index contributed by atoms with van der Waals surface area (Å²) in [6.45, 7) is 8.17. The molecule has 0 unspecified atom stereocenters. The van der Waals surface area contributed by atoms with E-state index in [0.717, 1.165) is 16.3 Å². The SMILES string of the molecule is CCc1ccc([C@@H](N[C@@H](C)C(=O)Nc2cccc(S(=O)(=O)N(C)C)c2)C(C)C)cc1. The van der Waals surface area contributed by atoms with E-state index in [-0.39, 0.29) is 16.8 Å². The summed E-state index contributed by atoms with van der Waals surface area (Å²) in [5, 5.41) is 6.24. The zero-order valence-corrected chi connectivity index (χ0v) is 19.5. The molecule has 0 fully saturated rings. The molecule has 0 heterocycles. The lowest BCUT2D eigenvalue weighted by atomic mass is 9.94. The predicted octanol–water partition coefficient (Wildman–Crippen LogP) is 3.81. The lowest BCUT2D eigenvalue weighted by Crippen LogP contribution is -2.41. The van der Waals surface area contributed by atoms with E-state index in [0.29, 0.717) is 11.6 Å². The fourth-order valence-electron chi connectivity index (χ4n) is 3.17. The number of anilines is 1. The number of rotatable bonds is 9. The van der Waals surface area contributed by atoms with Gasteiger partial charge in [0.1, 0.15) is 0 Å². The third-order valence-electron chi connectivity index (χ3n) is 5.12. The van der Waals surface area contributed by atoms with Crippen LogP contribution in [0.4, 0.5) is 5.69 Å². The number of nitrogens with zero attached hydrogens (tertiary/aromatic N) is 1. The van der Waals surface area contributed by atoms with Crippen LogP contribution in [-0.2, 0) is 21.2 Å². The number of hydrogen-bond donors (Lipinski definition) is 2.